The van der Waals surface area contributed by atoms with Gasteiger partial charge in [0.1, 0.15) is 0 Å². The number of benzene rings is 1. The number of fused-ring (bicyclic) bond motifs is 1. The van der Waals surface area contributed by atoms with Gasteiger partial charge in [-0.15, -0.1) is 11.3 Å². The van der Waals surface area contributed by atoms with Gasteiger partial charge in [-0.3, -0.25) is 4.79 Å². The molecule has 1 aromatic carbocycles. The number of ether oxygens (including phenoxy) is 1. The SMILES string of the molecule is CC[C@H]1CCc2sc(C(=O)N/N=C\c3ccc(C(=O)OC)cc3)cc2C1. The molecule has 1 amide bonds. The number of hydrogen-bond acceptors (Lipinski definition) is 5. The van der Waals surface area contributed by atoms with Crippen molar-refractivity contribution in [1.29, 1.82) is 0 Å². The van der Waals surface area contributed by atoms with Gasteiger partial charge in [0, 0.05) is 4.88 Å². The lowest BCUT2D eigenvalue weighted by atomic mass is 9.87. The Labute approximate surface area is 157 Å². The van der Waals surface area contributed by atoms with Crippen molar-refractivity contribution in [2.45, 2.75) is 32.6 Å². The summed E-state index contributed by atoms with van der Waals surface area (Å²) in [7, 11) is 1.35. The minimum absolute atomic E-state index is 0.181. The number of carbonyl (C=O) groups excluding carboxylic acids is 2. The quantitative estimate of drug-likeness (QED) is 0.494. The number of esters is 1. The van der Waals surface area contributed by atoms with Crippen molar-refractivity contribution < 1.29 is 14.3 Å². The predicted octanol–water partition coefficient (Wildman–Crippen LogP) is 3.81. The zero-order chi connectivity index (χ0) is 18.5. The number of nitrogens with one attached hydrogen (secondary N) is 1. The maximum absolute atomic E-state index is 12.3. The highest BCUT2D eigenvalue weighted by Gasteiger charge is 2.21. The number of methoxy groups -OCH3 is 1. The van der Waals surface area contributed by atoms with E-state index in [1.165, 1.54) is 30.4 Å². The first kappa shape index (κ1) is 18.3. The summed E-state index contributed by atoms with van der Waals surface area (Å²) in [5.74, 6) is 0.174. The molecule has 0 bridgehead atoms. The van der Waals surface area contributed by atoms with Crippen LogP contribution in [0.2, 0.25) is 0 Å². The monoisotopic (exact) mass is 370 g/mol. The summed E-state index contributed by atoms with van der Waals surface area (Å²) < 4.78 is 4.66. The summed E-state index contributed by atoms with van der Waals surface area (Å²) in [5, 5.41) is 4.02. The third kappa shape index (κ3) is 4.19. The first-order valence-electron chi connectivity index (χ1n) is 8.74. The number of rotatable bonds is 5. The lowest BCUT2D eigenvalue weighted by Gasteiger charge is -2.19. The van der Waals surface area contributed by atoms with Crippen LogP contribution < -0.4 is 5.43 Å². The second-order valence-corrected chi connectivity index (χ2v) is 7.53. The largest absolute Gasteiger partial charge is 0.465 e. The summed E-state index contributed by atoms with van der Waals surface area (Å²) in [6, 6.07) is 8.82. The molecular weight excluding hydrogens is 348 g/mol. The molecule has 1 aliphatic rings. The van der Waals surface area contributed by atoms with Gasteiger partial charge >= 0.3 is 5.97 Å². The van der Waals surface area contributed by atoms with Crippen molar-refractivity contribution in [3.63, 3.8) is 0 Å². The van der Waals surface area contributed by atoms with Gasteiger partial charge in [-0.25, -0.2) is 10.2 Å². The fourth-order valence-corrected chi connectivity index (χ4v) is 4.20. The fourth-order valence-electron chi connectivity index (χ4n) is 3.10. The average Bonchev–Trinajstić information content (AvgIpc) is 3.11. The first-order valence-corrected chi connectivity index (χ1v) is 9.55. The molecule has 26 heavy (non-hydrogen) atoms. The number of hydrazone groups is 1. The third-order valence-corrected chi connectivity index (χ3v) is 5.93. The highest BCUT2D eigenvalue weighted by molar-refractivity contribution is 7.14. The van der Waals surface area contributed by atoms with E-state index in [2.05, 4.69) is 22.2 Å². The van der Waals surface area contributed by atoms with Gasteiger partial charge in [-0.05, 0) is 54.5 Å². The van der Waals surface area contributed by atoms with E-state index in [0.29, 0.717) is 10.4 Å². The highest BCUT2D eigenvalue weighted by Crippen LogP contribution is 2.33. The molecule has 0 spiro atoms. The van der Waals surface area contributed by atoms with Gasteiger partial charge in [0.15, 0.2) is 0 Å². The van der Waals surface area contributed by atoms with Crippen LogP contribution >= 0.6 is 11.3 Å². The Hall–Kier alpha value is -2.47. The molecule has 0 aliphatic heterocycles. The highest BCUT2D eigenvalue weighted by atomic mass is 32.1. The molecule has 2 aromatic rings. The second kappa shape index (κ2) is 8.27. The molecule has 5 nitrogen and oxygen atoms in total. The van der Waals surface area contributed by atoms with Crippen LogP contribution in [0.4, 0.5) is 0 Å². The predicted molar refractivity (Wildman–Crippen MR) is 103 cm³/mol. The van der Waals surface area contributed by atoms with Gasteiger partial charge in [-0.2, -0.15) is 5.10 Å². The van der Waals surface area contributed by atoms with E-state index >= 15 is 0 Å². The number of thiophene rings is 1. The van der Waals surface area contributed by atoms with Crippen LogP contribution in [0.15, 0.2) is 35.4 Å². The Morgan fingerprint density at radius 1 is 1.35 bits per heavy atom. The van der Waals surface area contributed by atoms with Crippen molar-refractivity contribution in [2.75, 3.05) is 7.11 Å². The zero-order valence-electron chi connectivity index (χ0n) is 15.0. The van der Waals surface area contributed by atoms with Crippen LogP contribution in [-0.2, 0) is 17.6 Å². The topological polar surface area (TPSA) is 67.8 Å². The summed E-state index contributed by atoms with van der Waals surface area (Å²) in [4.78, 5) is 25.8. The summed E-state index contributed by atoms with van der Waals surface area (Å²) >= 11 is 1.57. The van der Waals surface area contributed by atoms with E-state index in [1.807, 2.05) is 6.07 Å². The van der Waals surface area contributed by atoms with E-state index in [9.17, 15) is 9.59 Å². The standard InChI is InChI=1S/C20H22N2O3S/c1-3-13-6-9-17-16(10-13)11-18(26-17)19(23)22-21-12-14-4-7-15(8-5-14)20(24)25-2/h4-5,7-8,11-13H,3,6,9-10H2,1-2H3,(H,22,23)/b21-12-/t13-/m0/s1. The van der Waals surface area contributed by atoms with E-state index in [-0.39, 0.29) is 11.9 Å². The van der Waals surface area contributed by atoms with Crippen LogP contribution in [0.5, 0.6) is 0 Å². The minimum Gasteiger partial charge on any atom is -0.465 e. The van der Waals surface area contributed by atoms with Crippen molar-refractivity contribution in [3.05, 3.63) is 56.8 Å². The molecule has 1 aromatic heterocycles. The molecule has 6 heteroatoms. The number of aryl methyl sites for hydroxylation is 1. The van der Waals surface area contributed by atoms with Crippen molar-refractivity contribution in [1.82, 2.24) is 5.43 Å². The summed E-state index contributed by atoms with van der Waals surface area (Å²) in [6.45, 7) is 2.22. The maximum Gasteiger partial charge on any atom is 0.337 e. The molecule has 1 N–H and O–H groups in total. The molecule has 0 saturated heterocycles. The lowest BCUT2D eigenvalue weighted by Crippen LogP contribution is -2.16. The molecular formula is C20H22N2O3S. The summed E-state index contributed by atoms with van der Waals surface area (Å²) in [5.41, 5.74) is 5.16. The zero-order valence-corrected chi connectivity index (χ0v) is 15.8. The Morgan fingerprint density at radius 2 is 2.12 bits per heavy atom. The Kier molecular flexibility index (Phi) is 5.83. The van der Waals surface area contributed by atoms with Crippen LogP contribution in [-0.4, -0.2) is 25.2 Å². The van der Waals surface area contributed by atoms with Crippen molar-refractivity contribution >= 4 is 29.4 Å². The Morgan fingerprint density at radius 3 is 2.81 bits per heavy atom. The van der Waals surface area contributed by atoms with Crippen molar-refractivity contribution in [2.24, 2.45) is 11.0 Å². The number of nitrogens with zero attached hydrogens (tertiary/aromatic N) is 1. The third-order valence-electron chi connectivity index (χ3n) is 4.70. The number of amides is 1. The van der Waals surface area contributed by atoms with Gasteiger partial charge in [-0.1, -0.05) is 25.5 Å². The van der Waals surface area contributed by atoms with Crippen LogP contribution in [0.1, 0.15) is 55.8 Å². The Balaban J connectivity index is 1.60. The van der Waals surface area contributed by atoms with Gasteiger partial charge in [0.2, 0.25) is 0 Å². The van der Waals surface area contributed by atoms with Crippen LogP contribution in [0.3, 0.4) is 0 Å². The molecule has 1 heterocycles. The summed E-state index contributed by atoms with van der Waals surface area (Å²) in [6.07, 6.45) is 6.10. The maximum atomic E-state index is 12.3. The number of carbonyl (C=O) groups is 2. The first-order chi connectivity index (χ1) is 12.6. The minimum atomic E-state index is -0.381. The number of hydrogen-bond donors (Lipinski definition) is 1. The second-order valence-electron chi connectivity index (χ2n) is 6.39. The smallest absolute Gasteiger partial charge is 0.337 e. The normalized spacial score (nSPS) is 16.3. The average molecular weight is 370 g/mol. The van der Waals surface area contributed by atoms with E-state index in [4.69, 9.17) is 0 Å². The van der Waals surface area contributed by atoms with Crippen LogP contribution in [0.25, 0.3) is 0 Å². The van der Waals surface area contributed by atoms with Crippen LogP contribution in [0, 0.1) is 5.92 Å². The lowest BCUT2D eigenvalue weighted by molar-refractivity contribution is 0.0600. The van der Waals surface area contributed by atoms with E-state index in [1.54, 1.807) is 41.8 Å². The molecule has 1 aliphatic carbocycles. The van der Waals surface area contributed by atoms with E-state index < -0.39 is 0 Å². The van der Waals surface area contributed by atoms with E-state index in [0.717, 1.165) is 24.3 Å². The van der Waals surface area contributed by atoms with Gasteiger partial charge in [0.05, 0.1) is 23.8 Å². The van der Waals surface area contributed by atoms with Gasteiger partial charge in [0.25, 0.3) is 5.91 Å². The van der Waals surface area contributed by atoms with Crippen molar-refractivity contribution in [3.8, 4) is 0 Å². The molecule has 136 valence electrons. The molecule has 0 fully saturated rings. The Bertz CT molecular complexity index is 824. The van der Waals surface area contributed by atoms with Gasteiger partial charge < -0.3 is 4.74 Å². The molecule has 1 atom stereocenters. The molecule has 0 saturated carbocycles. The molecule has 0 unspecified atom stereocenters. The molecule has 0 radical (unpaired) electrons. The molecule has 3 rings (SSSR count). The fraction of sp³-hybridized carbons (Fsp3) is 0.350.